The number of ether oxygens (including phenoxy) is 1. The Kier molecular flexibility index (Phi) is 3.00. The van der Waals surface area contributed by atoms with Crippen LogP contribution in [0.2, 0.25) is 0 Å². The second-order valence-electron chi connectivity index (χ2n) is 6.05. The van der Waals surface area contributed by atoms with Gasteiger partial charge in [0.05, 0.1) is 11.2 Å². The van der Waals surface area contributed by atoms with Crippen LogP contribution in [0.15, 0.2) is 23.8 Å². The summed E-state index contributed by atoms with van der Waals surface area (Å²) in [5.41, 5.74) is 1.48. The Morgan fingerprint density at radius 1 is 1.44 bits per heavy atom. The molecule has 3 aliphatic rings. The van der Waals surface area contributed by atoms with Gasteiger partial charge in [-0.1, -0.05) is 23.8 Å². The van der Waals surface area contributed by atoms with Crippen molar-refractivity contribution in [1.82, 2.24) is 0 Å². The van der Waals surface area contributed by atoms with Gasteiger partial charge in [0.25, 0.3) is 0 Å². The summed E-state index contributed by atoms with van der Waals surface area (Å²) in [6.07, 6.45) is 11.7. The molecule has 3 atom stereocenters. The first-order valence-electron chi connectivity index (χ1n) is 6.46. The van der Waals surface area contributed by atoms with E-state index in [0.717, 1.165) is 12.8 Å². The monoisotopic (exact) mass is 220 g/mol. The highest BCUT2D eigenvalue weighted by atomic mass is 16.5. The predicted octanol–water partition coefficient (Wildman–Crippen LogP) is 4.25. The van der Waals surface area contributed by atoms with E-state index >= 15 is 0 Å². The molecule has 0 radical (unpaired) electrons. The lowest BCUT2D eigenvalue weighted by Crippen LogP contribution is -2.52. The molecule has 1 nitrogen and oxygen atoms in total. The van der Waals surface area contributed by atoms with Crippen molar-refractivity contribution >= 4 is 0 Å². The van der Waals surface area contributed by atoms with Crippen molar-refractivity contribution in [3.63, 3.8) is 0 Å². The molecule has 3 rings (SSSR count). The molecule has 0 saturated carbocycles. The van der Waals surface area contributed by atoms with Gasteiger partial charge in [-0.25, -0.2) is 0 Å². The van der Waals surface area contributed by atoms with Crippen LogP contribution in [0.5, 0.6) is 0 Å². The van der Waals surface area contributed by atoms with E-state index in [1.165, 1.54) is 18.4 Å². The molecule has 2 bridgehead atoms. The summed E-state index contributed by atoms with van der Waals surface area (Å²) >= 11 is 0. The molecular weight excluding hydrogens is 196 g/mol. The summed E-state index contributed by atoms with van der Waals surface area (Å²) in [7, 11) is 0. The van der Waals surface area contributed by atoms with E-state index in [2.05, 4.69) is 45.9 Å². The first-order chi connectivity index (χ1) is 7.44. The van der Waals surface area contributed by atoms with Gasteiger partial charge in [0.2, 0.25) is 0 Å². The molecule has 1 heteroatoms. The minimum atomic E-state index is 0.00841. The molecule has 0 aromatic carbocycles. The minimum Gasteiger partial charge on any atom is -0.364 e. The van der Waals surface area contributed by atoms with E-state index in [-0.39, 0.29) is 11.2 Å². The third-order valence-electron chi connectivity index (χ3n) is 4.08. The van der Waals surface area contributed by atoms with Crippen LogP contribution in [-0.4, -0.2) is 11.2 Å². The molecule has 0 aromatic rings. The van der Waals surface area contributed by atoms with Crippen LogP contribution in [-0.2, 0) is 4.74 Å². The summed E-state index contributed by atoms with van der Waals surface area (Å²) in [5.74, 6) is 0.625. The first kappa shape index (κ1) is 11.9. The van der Waals surface area contributed by atoms with Gasteiger partial charge in [0.1, 0.15) is 0 Å². The van der Waals surface area contributed by atoms with Crippen LogP contribution in [0.4, 0.5) is 0 Å². The number of hydrogen-bond donors (Lipinski definition) is 0. The number of hydrogen-bond acceptors (Lipinski definition) is 1. The van der Waals surface area contributed by atoms with Crippen molar-refractivity contribution < 1.29 is 4.74 Å². The van der Waals surface area contributed by atoms with E-state index in [9.17, 15) is 0 Å². The van der Waals surface area contributed by atoms with E-state index in [1.807, 2.05) is 0 Å². The molecule has 0 unspecified atom stereocenters. The SMILES string of the molecule is CC(C)=CCC[C@]1(C)O[C@@]2(C)C=C[C@@H]1CC2. The lowest BCUT2D eigenvalue weighted by atomic mass is 9.71. The zero-order valence-corrected chi connectivity index (χ0v) is 11.0. The van der Waals surface area contributed by atoms with Gasteiger partial charge >= 0.3 is 0 Å². The molecule has 90 valence electrons. The van der Waals surface area contributed by atoms with Crippen molar-refractivity contribution in [1.29, 1.82) is 0 Å². The minimum absolute atomic E-state index is 0.00841. The van der Waals surface area contributed by atoms with Gasteiger partial charge in [0.15, 0.2) is 0 Å². The Morgan fingerprint density at radius 2 is 2.19 bits per heavy atom. The van der Waals surface area contributed by atoms with Gasteiger partial charge in [-0.05, 0) is 53.4 Å². The molecule has 1 fully saturated rings. The van der Waals surface area contributed by atoms with Crippen molar-refractivity contribution in [2.24, 2.45) is 5.92 Å². The molecule has 1 aliphatic carbocycles. The highest BCUT2D eigenvalue weighted by Crippen LogP contribution is 2.47. The van der Waals surface area contributed by atoms with Gasteiger partial charge in [-0.15, -0.1) is 0 Å². The van der Waals surface area contributed by atoms with Crippen LogP contribution < -0.4 is 0 Å². The number of fused-ring (bicyclic) bond motifs is 2. The van der Waals surface area contributed by atoms with Crippen molar-refractivity contribution in [2.75, 3.05) is 0 Å². The maximum Gasteiger partial charge on any atom is 0.0842 e. The summed E-state index contributed by atoms with van der Waals surface area (Å²) in [6.45, 7) is 8.84. The topological polar surface area (TPSA) is 9.23 Å². The maximum absolute atomic E-state index is 6.33. The second kappa shape index (κ2) is 4.03. The second-order valence-corrected chi connectivity index (χ2v) is 6.05. The number of allylic oxidation sites excluding steroid dienone is 2. The van der Waals surface area contributed by atoms with Crippen molar-refractivity contribution in [2.45, 2.75) is 64.6 Å². The third-order valence-corrected chi connectivity index (χ3v) is 4.08. The summed E-state index contributed by atoms with van der Waals surface area (Å²) in [6, 6.07) is 0. The fraction of sp³-hybridized carbons (Fsp3) is 0.733. The van der Waals surface area contributed by atoms with Crippen LogP contribution in [0.25, 0.3) is 0 Å². The van der Waals surface area contributed by atoms with Gasteiger partial charge < -0.3 is 4.74 Å². The summed E-state index contributed by atoms with van der Waals surface area (Å²) in [4.78, 5) is 0. The van der Waals surface area contributed by atoms with E-state index in [0.29, 0.717) is 5.92 Å². The maximum atomic E-state index is 6.33. The van der Waals surface area contributed by atoms with Gasteiger partial charge in [0, 0.05) is 5.92 Å². The third kappa shape index (κ3) is 2.24. The van der Waals surface area contributed by atoms with Crippen LogP contribution in [0.3, 0.4) is 0 Å². The molecular formula is C15H24O. The van der Waals surface area contributed by atoms with Gasteiger partial charge in [-0.2, -0.15) is 0 Å². The molecule has 2 heterocycles. The zero-order chi connectivity index (χ0) is 11.8. The van der Waals surface area contributed by atoms with E-state index < -0.39 is 0 Å². The molecule has 2 aliphatic heterocycles. The molecule has 0 spiro atoms. The largest absolute Gasteiger partial charge is 0.364 e. The van der Waals surface area contributed by atoms with Crippen LogP contribution in [0.1, 0.15) is 53.4 Å². The molecule has 0 aromatic heterocycles. The lowest BCUT2D eigenvalue weighted by Gasteiger charge is -2.51. The fourth-order valence-electron chi connectivity index (χ4n) is 3.03. The smallest absolute Gasteiger partial charge is 0.0842 e. The van der Waals surface area contributed by atoms with Crippen LogP contribution in [0, 0.1) is 5.92 Å². The Balaban J connectivity index is 2.04. The molecule has 1 saturated heterocycles. The molecule has 0 amide bonds. The molecule has 0 N–H and O–H groups in total. The van der Waals surface area contributed by atoms with Crippen molar-refractivity contribution in [3.05, 3.63) is 23.8 Å². The van der Waals surface area contributed by atoms with E-state index in [4.69, 9.17) is 4.74 Å². The highest BCUT2D eigenvalue weighted by molar-refractivity contribution is 5.17. The number of rotatable bonds is 3. The Labute approximate surface area is 99.6 Å². The standard InChI is InChI=1S/C15H24O/c1-12(2)6-5-9-15(4)13-7-10-14(3,16-15)11-8-13/h6-7,10,13H,5,8-9,11H2,1-4H3/t13-,14+,15+/m1/s1. The predicted molar refractivity (Wildman–Crippen MR) is 68.4 cm³/mol. The zero-order valence-electron chi connectivity index (χ0n) is 11.0. The Morgan fingerprint density at radius 3 is 2.69 bits per heavy atom. The average Bonchev–Trinajstić information content (AvgIpc) is 2.16. The van der Waals surface area contributed by atoms with Crippen LogP contribution >= 0.6 is 0 Å². The highest BCUT2D eigenvalue weighted by Gasteiger charge is 2.47. The average molecular weight is 220 g/mol. The summed E-state index contributed by atoms with van der Waals surface area (Å²) < 4.78 is 6.33. The quantitative estimate of drug-likeness (QED) is 0.646. The Bertz CT molecular complexity index is 324. The summed E-state index contributed by atoms with van der Waals surface area (Å²) in [5, 5.41) is 0. The fourth-order valence-corrected chi connectivity index (χ4v) is 3.03. The lowest BCUT2D eigenvalue weighted by molar-refractivity contribution is -0.184. The Hall–Kier alpha value is -0.560. The van der Waals surface area contributed by atoms with Gasteiger partial charge in [-0.3, -0.25) is 0 Å². The van der Waals surface area contributed by atoms with E-state index in [1.54, 1.807) is 0 Å². The van der Waals surface area contributed by atoms with Crippen molar-refractivity contribution in [3.8, 4) is 0 Å². The first-order valence-corrected chi connectivity index (χ1v) is 6.46. The molecule has 16 heavy (non-hydrogen) atoms. The normalized spacial score (nSPS) is 41.1.